The van der Waals surface area contributed by atoms with Gasteiger partial charge in [0.05, 0.1) is 30.2 Å². The fraction of sp³-hybridized carbons (Fsp3) is 0.382. The number of aromatic nitrogens is 1. The molecule has 0 atom stereocenters. The van der Waals surface area contributed by atoms with Crippen LogP contribution < -0.4 is 9.47 Å². The second-order valence-electron chi connectivity index (χ2n) is 12.7. The van der Waals surface area contributed by atoms with Gasteiger partial charge in [-0.3, -0.25) is 0 Å². The summed E-state index contributed by atoms with van der Waals surface area (Å²) < 4.78 is 119. The number of hydrogen-bond acceptors (Lipinski definition) is 8. The Labute approximate surface area is 289 Å². The number of methoxy groups -OCH3 is 2. The van der Waals surface area contributed by atoms with Crippen LogP contribution in [0.5, 0.6) is 11.5 Å². The van der Waals surface area contributed by atoms with Gasteiger partial charge in [0.1, 0.15) is 22.0 Å². The van der Waals surface area contributed by atoms with E-state index in [1.54, 1.807) is 45.0 Å². The highest BCUT2D eigenvalue weighted by atomic mass is 32.2. The van der Waals surface area contributed by atoms with Gasteiger partial charge < -0.3 is 19.1 Å². The highest BCUT2D eigenvalue weighted by Crippen LogP contribution is 2.42. The van der Waals surface area contributed by atoms with E-state index in [1.165, 1.54) is 43.4 Å². The van der Waals surface area contributed by atoms with Gasteiger partial charge in [-0.05, 0) is 63.9 Å². The van der Waals surface area contributed by atoms with Crippen molar-refractivity contribution in [2.45, 2.75) is 67.8 Å². The van der Waals surface area contributed by atoms with Crippen molar-refractivity contribution in [2.24, 2.45) is 0 Å². The first-order chi connectivity index (χ1) is 23.4. The van der Waals surface area contributed by atoms with Crippen LogP contribution in [0.25, 0.3) is 10.9 Å². The second-order valence-corrected chi connectivity index (χ2v) is 16.4. The molecule has 1 aromatic heterocycles. The van der Waals surface area contributed by atoms with Crippen LogP contribution >= 0.6 is 0 Å². The van der Waals surface area contributed by atoms with E-state index in [1.807, 2.05) is 0 Å². The Morgan fingerprint density at radius 1 is 0.900 bits per heavy atom. The van der Waals surface area contributed by atoms with Gasteiger partial charge >= 0.3 is 12.3 Å². The fourth-order valence-corrected chi connectivity index (χ4v) is 9.24. The van der Waals surface area contributed by atoms with Crippen LogP contribution in [0.15, 0.2) is 82.7 Å². The third-order valence-electron chi connectivity index (χ3n) is 8.30. The maximum absolute atomic E-state index is 14.9. The molecule has 4 aromatic rings. The van der Waals surface area contributed by atoms with Crippen LogP contribution in [-0.2, 0) is 37.5 Å². The van der Waals surface area contributed by atoms with Gasteiger partial charge in [-0.15, -0.1) is 0 Å². The zero-order valence-corrected chi connectivity index (χ0v) is 29.7. The molecule has 0 saturated carbocycles. The zero-order valence-electron chi connectivity index (χ0n) is 28.1. The molecule has 0 unspecified atom stereocenters. The molecule has 1 aliphatic heterocycles. The van der Waals surface area contributed by atoms with Gasteiger partial charge in [0.25, 0.3) is 10.0 Å². The van der Waals surface area contributed by atoms with Gasteiger partial charge in [0.2, 0.25) is 10.0 Å². The van der Waals surface area contributed by atoms with Crippen LogP contribution in [0, 0.1) is 0 Å². The number of sulfonamides is 1. The van der Waals surface area contributed by atoms with Crippen LogP contribution in [-0.4, -0.2) is 75.1 Å². The molecule has 0 aliphatic carbocycles. The van der Waals surface area contributed by atoms with Crippen LogP contribution in [0.4, 0.5) is 18.0 Å². The van der Waals surface area contributed by atoms with Crippen molar-refractivity contribution in [1.82, 2.24) is 13.2 Å². The van der Waals surface area contributed by atoms with Crippen molar-refractivity contribution in [2.75, 3.05) is 27.3 Å². The first kappa shape index (κ1) is 37.0. The van der Waals surface area contributed by atoms with Gasteiger partial charge in [0.15, 0.2) is 0 Å². The maximum atomic E-state index is 14.9. The lowest BCUT2D eigenvalue weighted by Crippen LogP contribution is -2.49. The molecule has 16 heteroatoms. The minimum absolute atomic E-state index is 0.100. The first-order valence-corrected chi connectivity index (χ1v) is 18.5. The van der Waals surface area contributed by atoms with Gasteiger partial charge in [-0.1, -0.05) is 30.3 Å². The number of likely N-dealkylation sites (tertiary alicyclic amines) is 1. The van der Waals surface area contributed by atoms with Crippen molar-refractivity contribution < 1.29 is 49.0 Å². The van der Waals surface area contributed by atoms with Gasteiger partial charge in [0, 0.05) is 48.9 Å². The van der Waals surface area contributed by atoms with Crippen molar-refractivity contribution in [3.63, 3.8) is 0 Å². The summed E-state index contributed by atoms with van der Waals surface area (Å²) in [6.45, 7) is 5.01. The summed E-state index contributed by atoms with van der Waals surface area (Å²) in [4.78, 5) is 13.2. The topological polar surface area (TPSA) is 124 Å². The van der Waals surface area contributed by atoms with E-state index in [2.05, 4.69) is 0 Å². The lowest BCUT2D eigenvalue weighted by atomic mass is 10.0. The van der Waals surface area contributed by atoms with Crippen LogP contribution in [0.2, 0.25) is 0 Å². The molecular weight excluding hydrogens is 700 g/mol. The molecule has 11 nitrogen and oxygen atoms in total. The zero-order chi connectivity index (χ0) is 36.6. The lowest BCUT2D eigenvalue weighted by molar-refractivity contribution is -0.136. The van der Waals surface area contributed by atoms with E-state index >= 15 is 0 Å². The number of carbonyl (C=O) groups excluding carboxylic acids is 1. The monoisotopic (exact) mass is 737 g/mol. The Kier molecular flexibility index (Phi) is 10.2. The molecular formula is C34H38F3N3O8S2. The van der Waals surface area contributed by atoms with Crippen molar-refractivity contribution >= 4 is 37.0 Å². The predicted molar refractivity (Wildman–Crippen MR) is 179 cm³/mol. The summed E-state index contributed by atoms with van der Waals surface area (Å²) in [5.41, 5.74) is -2.15. The Bertz CT molecular complexity index is 2090. The minimum atomic E-state index is -5.03. The van der Waals surface area contributed by atoms with Gasteiger partial charge in [-0.2, -0.15) is 17.5 Å². The molecule has 1 amide bonds. The number of hydrogen-bond donors (Lipinski definition) is 0. The number of amides is 1. The number of fused-ring (bicyclic) bond motifs is 1. The number of halogens is 3. The Morgan fingerprint density at radius 2 is 1.56 bits per heavy atom. The fourth-order valence-electron chi connectivity index (χ4n) is 5.91. The quantitative estimate of drug-likeness (QED) is 0.191. The van der Waals surface area contributed by atoms with E-state index in [0.717, 1.165) is 28.7 Å². The molecule has 0 N–H and O–H groups in total. The molecule has 1 aliphatic rings. The summed E-state index contributed by atoms with van der Waals surface area (Å²) in [6.07, 6.45) is -4.64. The number of benzene rings is 3. The molecule has 2 heterocycles. The SMILES string of the molecule is COc1ccc(CN(C2CCN(C(=O)OC(C)(C)C)CC2)S(=O)(=O)c2cn(S(=O)(=O)c3ccccc3)c3cccc(C(F)(F)F)c23)c(OC)c1. The molecule has 3 aromatic carbocycles. The lowest BCUT2D eigenvalue weighted by Gasteiger charge is -2.38. The van der Waals surface area contributed by atoms with E-state index in [-0.39, 0.29) is 43.1 Å². The molecule has 0 bridgehead atoms. The Morgan fingerprint density at radius 3 is 2.14 bits per heavy atom. The maximum Gasteiger partial charge on any atom is 0.417 e. The Hall–Kier alpha value is -4.28. The molecule has 270 valence electrons. The highest BCUT2D eigenvalue weighted by Gasteiger charge is 2.42. The highest BCUT2D eigenvalue weighted by molar-refractivity contribution is 7.90. The molecule has 0 radical (unpaired) electrons. The average molecular weight is 738 g/mol. The largest absolute Gasteiger partial charge is 0.497 e. The summed E-state index contributed by atoms with van der Waals surface area (Å²) in [5, 5.41) is -0.780. The normalized spacial score (nSPS) is 15.0. The van der Waals surface area contributed by atoms with Gasteiger partial charge in [-0.25, -0.2) is 25.6 Å². The van der Waals surface area contributed by atoms with E-state index in [9.17, 15) is 34.8 Å². The molecule has 50 heavy (non-hydrogen) atoms. The number of nitrogens with zero attached hydrogens (tertiary/aromatic N) is 3. The summed E-state index contributed by atoms with van der Waals surface area (Å²) in [7, 11) is -6.63. The average Bonchev–Trinajstić information content (AvgIpc) is 3.48. The van der Waals surface area contributed by atoms with Crippen molar-refractivity contribution in [1.29, 1.82) is 0 Å². The summed E-state index contributed by atoms with van der Waals surface area (Å²) in [5.74, 6) is 0.690. The third-order valence-corrected chi connectivity index (χ3v) is 11.9. The van der Waals surface area contributed by atoms with Crippen molar-refractivity contribution in [3.05, 3.63) is 84.1 Å². The van der Waals surface area contributed by atoms with E-state index in [4.69, 9.17) is 14.2 Å². The number of alkyl halides is 3. The number of carbonyl (C=O) groups is 1. The number of ether oxygens (including phenoxy) is 3. The van der Waals surface area contributed by atoms with E-state index in [0.29, 0.717) is 15.3 Å². The van der Waals surface area contributed by atoms with E-state index < -0.39 is 65.3 Å². The molecule has 0 spiro atoms. The Balaban J connectivity index is 1.68. The van der Waals surface area contributed by atoms with Crippen molar-refractivity contribution in [3.8, 4) is 11.5 Å². The standard InChI is InChI=1S/C34H38F3N3O8S2/c1-33(2,3)48-32(41)38-18-16-24(17-19-38)39(21-23-14-15-25(46-4)20-29(23)47-5)50(44,45)30-22-40(49(42,43)26-10-7-6-8-11-26)28-13-9-12-27(31(28)30)34(35,36)37/h6-15,20,22,24H,16-19,21H2,1-5H3. The minimum Gasteiger partial charge on any atom is -0.497 e. The second kappa shape index (κ2) is 13.8. The number of piperidine rings is 1. The first-order valence-electron chi connectivity index (χ1n) is 15.6. The molecule has 5 rings (SSSR count). The molecule has 1 saturated heterocycles. The molecule has 1 fully saturated rings. The smallest absolute Gasteiger partial charge is 0.417 e. The predicted octanol–water partition coefficient (Wildman–Crippen LogP) is 6.50. The third kappa shape index (κ3) is 7.42. The summed E-state index contributed by atoms with van der Waals surface area (Å²) in [6, 6.07) is 13.8. The van der Waals surface area contributed by atoms with Crippen LogP contribution in [0.3, 0.4) is 0 Å². The summed E-state index contributed by atoms with van der Waals surface area (Å²) >= 11 is 0. The number of rotatable bonds is 9. The van der Waals surface area contributed by atoms with Crippen LogP contribution in [0.1, 0.15) is 44.7 Å².